The number of amides is 2. The highest BCUT2D eigenvalue weighted by atomic mass is 79.9. The van der Waals surface area contributed by atoms with Crippen LogP contribution in [0, 0.1) is 12.7 Å². The number of hydrogen-bond acceptors (Lipinski definition) is 3. The second-order valence-electron chi connectivity index (χ2n) is 8.26. The van der Waals surface area contributed by atoms with Crippen molar-refractivity contribution in [2.45, 2.75) is 33.6 Å². The number of nitrogens with one attached hydrogen (secondary N) is 2. The van der Waals surface area contributed by atoms with Gasteiger partial charge in [-0.05, 0) is 72.6 Å². The number of likely N-dealkylation sites (N-methyl/N-ethyl adjacent to an activating group) is 1. The lowest BCUT2D eigenvalue weighted by atomic mass is 10.0. The van der Waals surface area contributed by atoms with Crippen LogP contribution in [0.2, 0.25) is 0 Å². The Hall–Kier alpha value is -2.45. The van der Waals surface area contributed by atoms with Gasteiger partial charge in [-0.2, -0.15) is 0 Å². The van der Waals surface area contributed by atoms with E-state index in [0.717, 1.165) is 50.3 Å². The average Bonchev–Trinajstić information content (AvgIpc) is 3.18. The van der Waals surface area contributed by atoms with Crippen molar-refractivity contribution in [3.8, 4) is 0 Å². The van der Waals surface area contributed by atoms with Gasteiger partial charge in [0, 0.05) is 41.1 Å². The summed E-state index contributed by atoms with van der Waals surface area (Å²) in [7, 11) is 0. The maximum Gasteiger partial charge on any atom is 0.256 e. The smallest absolute Gasteiger partial charge is 0.256 e. The third kappa shape index (κ3) is 4.13. The topological polar surface area (TPSA) is 68.4 Å². The summed E-state index contributed by atoms with van der Waals surface area (Å²) in [6, 6.07) is 2.68. The normalized spacial score (nSPS) is 17.1. The summed E-state index contributed by atoms with van der Waals surface area (Å²) in [5.41, 5.74) is 4.60. The van der Waals surface area contributed by atoms with Gasteiger partial charge in [-0.3, -0.25) is 9.59 Å². The molecule has 0 saturated carbocycles. The second kappa shape index (κ2) is 9.19. The van der Waals surface area contributed by atoms with Crippen LogP contribution in [0.25, 0.3) is 11.6 Å². The van der Waals surface area contributed by atoms with Gasteiger partial charge in [-0.1, -0.05) is 13.8 Å². The minimum atomic E-state index is -0.420. The fourth-order valence-corrected chi connectivity index (χ4v) is 5.06. The van der Waals surface area contributed by atoms with Gasteiger partial charge in [0.25, 0.3) is 11.8 Å². The molecule has 4 rings (SSSR count). The first kappa shape index (κ1) is 22.7. The SMILES string of the molecule is CCN(CC)CCN1CCCc2[nH]c(C=C3C(=O)Nc4c(Br)cc(F)cc43)c(C)c2C1=O. The number of nitrogens with zero attached hydrogens (tertiary/aromatic N) is 2. The van der Waals surface area contributed by atoms with E-state index in [2.05, 4.69) is 45.0 Å². The minimum Gasteiger partial charge on any atom is -0.358 e. The van der Waals surface area contributed by atoms with E-state index in [1.807, 2.05) is 11.8 Å². The quantitative estimate of drug-likeness (QED) is 0.573. The first-order chi connectivity index (χ1) is 15.3. The molecule has 0 atom stereocenters. The van der Waals surface area contributed by atoms with Crippen molar-refractivity contribution in [1.29, 1.82) is 0 Å². The summed E-state index contributed by atoms with van der Waals surface area (Å²) in [6.45, 7) is 10.4. The number of aromatic amines is 1. The molecule has 2 amide bonds. The average molecular weight is 503 g/mol. The Labute approximate surface area is 196 Å². The van der Waals surface area contributed by atoms with E-state index in [-0.39, 0.29) is 11.8 Å². The molecule has 0 bridgehead atoms. The zero-order valence-corrected chi connectivity index (χ0v) is 20.2. The Morgan fingerprint density at radius 1 is 1.25 bits per heavy atom. The van der Waals surface area contributed by atoms with Crippen molar-refractivity contribution in [2.75, 3.05) is 38.0 Å². The van der Waals surface area contributed by atoms with Crippen LogP contribution in [0.5, 0.6) is 0 Å². The monoisotopic (exact) mass is 502 g/mol. The number of anilines is 1. The minimum absolute atomic E-state index is 0.0353. The molecule has 1 aromatic heterocycles. The Kier molecular flexibility index (Phi) is 6.53. The zero-order chi connectivity index (χ0) is 23.0. The van der Waals surface area contributed by atoms with Gasteiger partial charge >= 0.3 is 0 Å². The van der Waals surface area contributed by atoms with E-state index in [1.165, 1.54) is 12.1 Å². The number of H-pyrrole nitrogens is 1. The molecular weight excluding hydrogens is 475 g/mol. The van der Waals surface area contributed by atoms with Crippen LogP contribution < -0.4 is 5.32 Å². The van der Waals surface area contributed by atoms with Gasteiger partial charge in [0.05, 0.1) is 16.8 Å². The predicted molar refractivity (Wildman–Crippen MR) is 128 cm³/mol. The number of benzene rings is 1. The van der Waals surface area contributed by atoms with E-state index < -0.39 is 5.82 Å². The summed E-state index contributed by atoms with van der Waals surface area (Å²) < 4.78 is 14.5. The Morgan fingerprint density at radius 2 is 2.00 bits per heavy atom. The van der Waals surface area contributed by atoms with Crippen molar-refractivity contribution in [2.24, 2.45) is 0 Å². The zero-order valence-electron chi connectivity index (χ0n) is 18.6. The van der Waals surface area contributed by atoms with Crippen LogP contribution in [0.4, 0.5) is 10.1 Å². The van der Waals surface area contributed by atoms with Crippen LogP contribution in [0.3, 0.4) is 0 Å². The highest BCUT2D eigenvalue weighted by Gasteiger charge is 2.30. The number of halogens is 2. The maximum atomic E-state index is 14.0. The fraction of sp³-hybridized carbons (Fsp3) is 0.417. The number of fused-ring (bicyclic) bond motifs is 2. The number of carbonyl (C=O) groups excluding carboxylic acids is 2. The number of aryl methyl sites for hydroxylation is 1. The summed E-state index contributed by atoms with van der Waals surface area (Å²) in [5, 5.41) is 2.79. The molecule has 2 aliphatic heterocycles. The summed E-state index contributed by atoms with van der Waals surface area (Å²) in [4.78, 5) is 33.6. The molecule has 0 unspecified atom stereocenters. The van der Waals surface area contributed by atoms with Crippen molar-refractivity contribution in [3.63, 3.8) is 0 Å². The van der Waals surface area contributed by atoms with Gasteiger partial charge in [0.1, 0.15) is 5.82 Å². The van der Waals surface area contributed by atoms with E-state index in [9.17, 15) is 14.0 Å². The highest BCUT2D eigenvalue weighted by Crippen LogP contribution is 2.39. The molecular formula is C24H28BrFN4O2. The molecule has 0 radical (unpaired) electrons. The van der Waals surface area contributed by atoms with Crippen LogP contribution in [-0.2, 0) is 11.2 Å². The molecule has 0 fully saturated rings. The molecule has 1 aromatic carbocycles. The highest BCUT2D eigenvalue weighted by molar-refractivity contribution is 9.10. The van der Waals surface area contributed by atoms with Gasteiger partial charge in [-0.15, -0.1) is 0 Å². The molecule has 0 saturated heterocycles. The predicted octanol–water partition coefficient (Wildman–Crippen LogP) is 4.45. The van der Waals surface area contributed by atoms with Gasteiger partial charge in [0.15, 0.2) is 0 Å². The van der Waals surface area contributed by atoms with Gasteiger partial charge in [-0.25, -0.2) is 4.39 Å². The Balaban J connectivity index is 1.67. The van der Waals surface area contributed by atoms with Crippen molar-refractivity contribution >= 4 is 45.1 Å². The molecule has 0 spiro atoms. The van der Waals surface area contributed by atoms with Crippen molar-refractivity contribution in [1.82, 2.24) is 14.8 Å². The molecule has 2 aliphatic rings. The molecule has 2 N–H and O–H groups in total. The molecule has 170 valence electrons. The molecule has 6 nitrogen and oxygen atoms in total. The first-order valence-corrected chi connectivity index (χ1v) is 11.9. The van der Waals surface area contributed by atoms with Crippen LogP contribution >= 0.6 is 15.9 Å². The van der Waals surface area contributed by atoms with Crippen molar-refractivity contribution in [3.05, 3.63) is 50.5 Å². The standard InChI is InChI=1S/C24H28BrFN4O2/c1-4-29(5-2)9-10-30-8-6-7-19-21(24(30)32)14(3)20(27-19)13-17-16-11-15(26)12-18(25)22(16)28-23(17)31/h11-13,27H,4-10H2,1-3H3,(H,28,31). The van der Waals surface area contributed by atoms with E-state index in [0.29, 0.717) is 39.1 Å². The Morgan fingerprint density at radius 3 is 2.72 bits per heavy atom. The number of hydrogen-bond donors (Lipinski definition) is 2. The Bertz CT molecular complexity index is 1100. The third-order valence-corrected chi connectivity index (χ3v) is 7.05. The molecule has 3 heterocycles. The maximum absolute atomic E-state index is 14.0. The van der Waals surface area contributed by atoms with Gasteiger partial charge < -0.3 is 20.1 Å². The lowest BCUT2D eigenvalue weighted by Gasteiger charge is -2.25. The molecule has 32 heavy (non-hydrogen) atoms. The number of aromatic nitrogens is 1. The summed E-state index contributed by atoms with van der Waals surface area (Å²) in [5.74, 6) is -0.674. The van der Waals surface area contributed by atoms with Gasteiger partial charge in [0.2, 0.25) is 0 Å². The third-order valence-electron chi connectivity index (χ3n) is 6.42. The largest absolute Gasteiger partial charge is 0.358 e. The van der Waals surface area contributed by atoms with Crippen molar-refractivity contribution < 1.29 is 14.0 Å². The fourth-order valence-electron chi connectivity index (χ4n) is 4.53. The summed E-state index contributed by atoms with van der Waals surface area (Å²) in [6.07, 6.45) is 3.38. The number of rotatable bonds is 6. The number of carbonyl (C=O) groups is 2. The van der Waals surface area contributed by atoms with Crippen LogP contribution in [0.15, 0.2) is 16.6 Å². The van der Waals surface area contributed by atoms with E-state index >= 15 is 0 Å². The first-order valence-electron chi connectivity index (χ1n) is 11.1. The lowest BCUT2D eigenvalue weighted by molar-refractivity contribution is -0.110. The molecule has 0 aliphatic carbocycles. The second-order valence-corrected chi connectivity index (χ2v) is 9.12. The lowest BCUT2D eigenvalue weighted by Crippen LogP contribution is -2.38. The molecule has 8 heteroatoms. The summed E-state index contributed by atoms with van der Waals surface area (Å²) >= 11 is 3.31. The van der Waals surface area contributed by atoms with Crippen LogP contribution in [0.1, 0.15) is 53.1 Å². The molecule has 2 aromatic rings. The van der Waals surface area contributed by atoms with E-state index in [1.54, 1.807) is 6.08 Å². The van der Waals surface area contributed by atoms with Crippen LogP contribution in [-0.4, -0.2) is 59.3 Å². The van der Waals surface area contributed by atoms with E-state index in [4.69, 9.17) is 0 Å².